The lowest BCUT2D eigenvalue weighted by Crippen LogP contribution is -2.23. The van der Waals surface area contributed by atoms with Gasteiger partial charge in [0.25, 0.3) is 5.56 Å². The van der Waals surface area contributed by atoms with Crippen molar-refractivity contribution in [3.05, 3.63) is 94.5 Å². The van der Waals surface area contributed by atoms with Crippen molar-refractivity contribution >= 4 is 28.4 Å². The summed E-state index contributed by atoms with van der Waals surface area (Å²) < 4.78 is 21.0. The number of hydrogen-bond acceptors (Lipinski definition) is 5. The molecule has 7 heteroatoms. The highest BCUT2D eigenvalue weighted by atomic mass is 32.2. The number of carbonyl (C=O) groups excluding carboxylic acids is 1. The van der Waals surface area contributed by atoms with E-state index in [2.05, 4.69) is 4.98 Å². The summed E-state index contributed by atoms with van der Waals surface area (Å²) in [5.74, 6) is -0.241. The monoisotopic (exact) mass is 420 g/mol. The number of hydrogen-bond donors (Lipinski definition) is 0. The van der Waals surface area contributed by atoms with Gasteiger partial charge in [-0.3, -0.25) is 14.2 Å². The van der Waals surface area contributed by atoms with Crippen LogP contribution in [0.25, 0.3) is 16.6 Å². The van der Waals surface area contributed by atoms with Crippen molar-refractivity contribution in [3.63, 3.8) is 0 Å². The molecule has 30 heavy (non-hydrogen) atoms. The molecule has 0 spiro atoms. The second-order valence-electron chi connectivity index (χ2n) is 6.42. The number of thioether (sulfide) groups is 1. The van der Waals surface area contributed by atoms with Gasteiger partial charge in [0.1, 0.15) is 11.6 Å². The van der Waals surface area contributed by atoms with E-state index < -0.39 is 11.4 Å². The number of rotatable bonds is 6. The minimum absolute atomic E-state index is 0.0135. The summed E-state index contributed by atoms with van der Waals surface area (Å²) in [5, 5.41) is 0.619. The van der Waals surface area contributed by atoms with E-state index in [1.807, 2.05) is 0 Å². The summed E-state index contributed by atoms with van der Waals surface area (Å²) in [7, 11) is 1.50. The molecule has 4 rings (SSSR count). The van der Waals surface area contributed by atoms with Crippen molar-refractivity contribution in [1.82, 2.24) is 9.55 Å². The number of methoxy groups -OCH3 is 1. The Kier molecular flexibility index (Phi) is 5.63. The molecule has 0 saturated heterocycles. The quantitative estimate of drug-likeness (QED) is 0.261. The third kappa shape index (κ3) is 3.71. The maximum atomic E-state index is 14.5. The maximum Gasteiger partial charge on any atom is 0.266 e. The SMILES string of the molecule is COc1ccccc1C(=O)CSc1nc2ccccc2c(=O)n1-c1ccccc1F. The summed E-state index contributed by atoms with van der Waals surface area (Å²) in [5.41, 5.74) is 0.626. The van der Waals surface area contributed by atoms with Crippen LogP contribution in [-0.2, 0) is 0 Å². The van der Waals surface area contributed by atoms with Crippen LogP contribution in [0.2, 0.25) is 0 Å². The number of nitrogens with zero attached hydrogens (tertiary/aromatic N) is 2. The minimum atomic E-state index is -0.547. The molecule has 0 amide bonds. The van der Waals surface area contributed by atoms with Crippen LogP contribution in [0, 0.1) is 5.82 Å². The fraction of sp³-hybridized carbons (Fsp3) is 0.0870. The van der Waals surface area contributed by atoms with E-state index in [1.165, 1.54) is 23.8 Å². The van der Waals surface area contributed by atoms with E-state index in [9.17, 15) is 14.0 Å². The Morgan fingerprint density at radius 3 is 2.53 bits per heavy atom. The van der Waals surface area contributed by atoms with Crippen molar-refractivity contribution < 1.29 is 13.9 Å². The van der Waals surface area contributed by atoms with Gasteiger partial charge in [-0.1, -0.05) is 48.2 Å². The highest BCUT2D eigenvalue weighted by Crippen LogP contribution is 2.25. The zero-order valence-corrected chi connectivity index (χ0v) is 16.9. The predicted molar refractivity (Wildman–Crippen MR) is 115 cm³/mol. The number of aromatic nitrogens is 2. The molecular weight excluding hydrogens is 403 g/mol. The lowest BCUT2D eigenvalue weighted by atomic mass is 10.1. The number of para-hydroxylation sites is 3. The first-order valence-corrected chi connectivity index (χ1v) is 10.1. The molecule has 0 aliphatic rings. The molecule has 0 fully saturated rings. The smallest absolute Gasteiger partial charge is 0.266 e. The van der Waals surface area contributed by atoms with Gasteiger partial charge in [0.05, 0.1) is 35.0 Å². The Morgan fingerprint density at radius 1 is 1.03 bits per heavy atom. The molecule has 0 atom stereocenters. The molecule has 1 heterocycles. The minimum Gasteiger partial charge on any atom is -0.496 e. The average Bonchev–Trinajstić information content (AvgIpc) is 2.78. The standard InChI is InChI=1S/C23H17FN2O3S/c1-29-21-13-7-3-9-16(21)20(27)14-30-23-25-18-11-5-2-8-15(18)22(28)26(23)19-12-6-4-10-17(19)24/h2-13H,14H2,1H3. The van der Waals surface area contributed by atoms with Crippen molar-refractivity contribution in [2.24, 2.45) is 0 Å². The topological polar surface area (TPSA) is 61.2 Å². The van der Waals surface area contributed by atoms with Crippen molar-refractivity contribution in [2.45, 2.75) is 5.16 Å². The number of carbonyl (C=O) groups is 1. The first-order valence-electron chi connectivity index (χ1n) is 9.16. The molecule has 0 N–H and O–H groups in total. The Bertz CT molecular complexity index is 1300. The molecule has 0 saturated carbocycles. The molecule has 0 aliphatic heterocycles. The second kappa shape index (κ2) is 8.51. The lowest BCUT2D eigenvalue weighted by molar-refractivity contribution is 0.101. The number of halogens is 1. The fourth-order valence-electron chi connectivity index (χ4n) is 3.14. The van der Waals surface area contributed by atoms with Gasteiger partial charge in [-0.05, 0) is 36.4 Å². The van der Waals surface area contributed by atoms with Crippen LogP contribution in [0.15, 0.2) is 82.7 Å². The molecule has 1 aromatic heterocycles. The first-order chi connectivity index (χ1) is 14.6. The number of ketones is 1. The van der Waals surface area contributed by atoms with Gasteiger partial charge < -0.3 is 4.74 Å². The average molecular weight is 420 g/mol. The fourth-order valence-corrected chi connectivity index (χ4v) is 4.03. The van der Waals surface area contributed by atoms with E-state index >= 15 is 0 Å². The Balaban J connectivity index is 1.78. The van der Waals surface area contributed by atoms with Gasteiger partial charge in [0.15, 0.2) is 10.9 Å². The summed E-state index contributed by atoms with van der Waals surface area (Å²) >= 11 is 1.08. The largest absolute Gasteiger partial charge is 0.496 e. The molecule has 5 nitrogen and oxygen atoms in total. The van der Waals surface area contributed by atoms with Gasteiger partial charge in [-0.15, -0.1) is 0 Å². The van der Waals surface area contributed by atoms with Crippen LogP contribution >= 0.6 is 11.8 Å². The van der Waals surface area contributed by atoms with Gasteiger partial charge in [-0.25, -0.2) is 9.37 Å². The Morgan fingerprint density at radius 2 is 1.73 bits per heavy atom. The van der Waals surface area contributed by atoms with Crippen molar-refractivity contribution in [2.75, 3.05) is 12.9 Å². The zero-order valence-electron chi connectivity index (χ0n) is 16.0. The van der Waals surface area contributed by atoms with Gasteiger partial charge in [0, 0.05) is 0 Å². The third-order valence-electron chi connectivity index (χ3n) is 4.58. The van der Waals surface area contributed by atoms with E-state index in [0.29, 0.717) is 22.2 Å². The molecule has 3 aromatic carbocycles. The molecule has 0 aliphatic carbocycles. The van der Waals surface area contributed by atoms with E-state index in [0.717, 1.165) is 11.8 Å². The van der Waals surface area contributed by atoms with Crippen LogP contribution in [0.4, 0.5) is 4.39 Å². The zero-order chi connectivity index (χ0) is 21.1. The summed E-state index contributed by atoms with van der Waals surface area (Å²) in [6, 6.07) is 19.8. The second-order valence-corrected chi connectivity index (χ2v) is 7.36. The highest BCUT2D eigenvalue weighted by Gasteiger charge is 2.18. The molecule has 0 radical (unpaired) electrons. The highest BCUT2D eigenvalue weighted by molar-refractivity contribution is 7.99. The van der Waals surface area contributed by atoms with E-state index in [1.54, 1.807) is 60.7 Å². The number of ether oxygens (including phenoxy) is 1. The van der Waals surface area contributed by atoms with Crippen molar-refractivity contribution in [1.29, 1.82) is 0 Å². The maximum absolute atomic E-state index is 14.5. The van der Waals surface area contributed by atoms with Crippen molar-refractivity contribution in [3.8, 4) is 11.4 Å². The summed E-state index contributed by atoms with van der Waals surface area (Å²) in [6.07, 6.45) is 0. The Hall–Kier alpha value is -3.45. The summed E-state index contributed by atoms with van der Waals surface area (Å²) in [6.45, 7) is 0. The number of Topliss-reactive ketones (excluding diaryl/α,β-unsaturated/α-hetero) is 1. The number of benzene rings is 3. The van der Waals surface area contributed by atoms with E-state index in [4.69, 9.17) is 4.74 Å². The normalized spacial score (nSPS) is 10.9. The molecule has 0 bridgehead atoms. The molecular formula is C23H17FN2O3S. The van der Waals surface area contributed by atoms with E-state index in [-0.39, 0.29) is 22.4 Å². The van der Waals surface area contributed by atoms with Gasteiger partial charge in [0.2, 0.25) is 0 Å². The van der Waals surface area contributed by atoms with Crippen LogP contribution in [-0.4, -0.2) is 28.2 Å². The lowest BCUT2D eigenvalue weighted by Gasteiger charge is -2.14. The van der Waals surface area contributed by atoms with Crippen LogP contribution in [0.5, 0.6) is 5.75 Å². The Labute approximate surface area is 176 Å². The molecule has 0 unspecified atom stereocenters. The molecule has 150 valence electrons. The first kappa shape index (κ1) is 19.8. The summed E-state index contributed by atoms with van der Waals surface area (Å²) in [4.78, 5) is 30.5. The van der Waals surface area contributed by atoms with Crippen LogP contribution < -0.4 is 10.3 Å². The molecule has 4 aromatic rings. The third-order valence-corrected chi connectivity index (χ3v) is 5.52. The van der Waals surface area contributed by atoms with Crippen LogP contribution in [0.3, 0.4) is 0 Å². The van der Waals surface area contributed by atoms with Gasteiger partial charge >= 0.3 is 0 Å². The van der Waals surface area contributed by atoms with Gasteiger partial charge in [-0.2, -0.15) is 0 Å². The predicted octanol–water partition coefficient (Wildman–Crippen LogP) is 4.51. The number of fused-ring (bicyclic) bond motifs is 1. The van der Waals surface area contributed by atoms with Crippen LogP contribution in [0.1, 0.15) is 10.4 Å².